The highest BCUT2D eigenvalue weighted by Crippen LogP contribution is 2.17. The van der Waals surface area contributed by atoms with Crippen molar-refractivity contribution >= 4 is 22.4 Å². The predicted molar refractivity (Wildman–Crippen MR) is 77.5 cm³/mol. The lowest BCUT2D eigenvalue weighted by Crippen LogP contribution is -2.31. The smallest absolute Gasteiger partial charge is 0.225 e. The number of nitrogens with zero attached hydrogens (tertiary/aromatic N) is 5. The number of thiazole rings is 1. The molecule has 0 spiro atoms. The summed E-state index contributed by atoms with van der Waals surface area (Å²) in [6.07, 6.45) is 3.07. The van der Waals surface area contributed by atoms with Crippen LogP contribution in [-0.2, 0) is 17.9 Å². The van der Waals surface area contributed by atoms with Crippen LogP contribution in [-0.4, -0.2) is 39.8 Å². The Bertz CT molecular complexity index is 550. The van der Waals surface area contributed by atoms with E-state index in [9.17, 15) is 4.79 Å². The average molecular weight is 294 g/mol. The second-order valence-corrected chi connectivity index (χ2v) is 5.59. The van der Waals surface area contributed by atoms with Crippen molar-refractivity contribution < 1.29 is 4.79 Å². The maximum absolute atomic E-state index is 12.0. The molecule has 2 aromatic heterocycles. The first-order valence-electron chi connectivity index (χ1n) is 6.28. The van der Waals surface area contributed by atoms with Crippen LogP contribution in [0.15, 0.2) is 18.0 Å². The molecule has 8 heteroatoms. The van der Waals surface area contributed by atoms with Gasteiger partial charge in [0.25, 0.3) is 0 Å². The Balaban J connectivity index is 1.81. The van der Waals surface area contributed by atoms with Gasteiger partial charge in [0.05, 0.1) is 24.7 Å². The van der Waals surface area contributed by atoms with Gasteiger partial charge in [-0.2, -0.15) is 5.10 Å². The van der Waals surface area contributed by atoms with Crippen LogP contribution in [0.2, 0.25) is 0 Å². The van der Waals surface area contributed by atoms with Crippen molar-refractivity contribution in [1.29, 1.82) is 0 Å². The first kappa shape index (κ1) is 14.4. The predicted octanol–water partition coefficient (Wildman–Crippen LogP) is 0.753. The fourth-order valence-corrected chi connectivity index (χ4v) is 2.38. The van der Waals surface area contributed by atoms with Gasteiger partial charge in [-0.15, -0.1) is 11.3 Å². The van der Waals surface area contributed by atoms with E-state index < -0.39 is 0 Å². The molecule has 0 radical (unpaired) electrons. The molecule has 2 heterocycles. The standard InChI is InChI=1S/C12H18N6OS/c1-9(5-18-8-13-7-15-18)11(19)14-4-10-6-20-12(16-10)17(2)3/h6-9H,4-5H2,1-3H3,(H,14,19). The van der Waals surface area contributed by atoms with E-state index in [1.165, 1.54) is 6.33 Å². The highest BCUT2D eigenvalue weighted by molar-refractivity contribution is 7.13. The largest absolute Gasteiger partial charge is 0.354 e. The summed E-state index contributed by atoms with van der Waals surface area (Å²) < 4.78 is 1.65. The minimum absolute atomic E-state index is 0.0140. The molecule has 0 saturated heterocycles. The lowest BCUT2D eigenvalue weighted by atomic mass is 10.1. The SMILES string of the molecule is CC(Cn1cncn1)C(=O)NCc1csc(N(C)C)n1. The Labute approximate surface area is 121 Å². The maximum atomic E-state index is 12.0. The summed E-state index contributed by atoms with van der Waals surface area (Å²) in [5, 5.41) is 9.77. The molecule has 1 amide bonds. The highest BCUT2D eigenvalue weighted by Gasteiger charge is 2.14. The van der Waals surface area contributed by atoms with Crippen LogP contribution in [0.25, 0.3) is 0 Å². The van der Waals surface area contributed by atoms with Crippen LogP contribution in [0.3, 0.4) is 0 Å². The fourth-order valence-electron chi connectivity index (χ4n) is 1.63. The number of carbonyl (C=O) groups excluding carboxylic acids is 1. The Kier molecular flexibility index (Phi) is 4.67. The number of nitrogens with one attached hydrogen (secondary N) is 1. The number of carbonyl (C=O) groups is 1. The van der Waals surface area contributed by atoms with Gasteiger partial charge in [-0.1, -0.05) is 6.92 Å². The molecule has 20 heavy (non-hydrogen) atoms. The van der Waals surface area contributed by atoms with Crippen molar-refractivity contribution in [2.24, 2.45) is 5.92 Å². The lowest BCUT2D eigenvalue weighted by Gasteiger charge is -2.11. The van der Waals surface area contributed by atoms with E-state index in [0.717, 1.165) is 10.8 Å². The number of aromatic nitrogens is 4. The highest BCUT2D eigenvalue weighted by atomic mass is 32.1. The van der Waals surface area contributed by atoms with E-state index in [1.807, 2.05) is 31.3 Å². The minimum atomic E-state index is -0.163. The number of rotatable bonds is 6. The molecule has 7 nitrogen and oxygen atoms in total. The molecular weight excluding hydrogens is 276 g/mol. The van der Waals surface area contributed by atoms with Crippen molar-refractivity contribution in [3.63, 3.8) is 0 Å². The second kappa shape index (κ2) is 6.47. The van der Waals surface area contributed by atoms with Gasteiger partial charge in [-0.3, -0.25) is 9.48 Å². The number of anilines is 1. The molecule has 0 aliphatic carbocycles. The molecule has 0 aliphatic heterocycles. The molecule has 2 rings (SSSR count). The first-order valence-corrected chi connectivity index (χ1v) is 7.16. The van der Waals surface area contributed by atoms with Crippen LogP contribution < -0.4 is 10.2 Å². The van der Waals surface area contributed by atoms with Crippen molar-refractivity contribution in [1.82, 2.24) is 25.1 Å². The van der Waals surface area contributed by atoms with Crippen LogP contribution in [0.1, 0.15) is 12.6 Å². The van der Waals surface area contributed by atoms with Gasteiger partial charge in [-0.05, 0) is 0 Å². The molecule has 1 N–H and O–H groups in total. The molecule has 108 valence electrons. The normalized spacial score (nSPS) is 12.2. The van der Waals surface area contributed by atoms with Gasteiger partial charge >= 0.3 is 0 Å². The summed E-state index contributed by atoms with van der Waals surface area (Å²) in [7, 11) is 3.89. The van der Waals surface area contributed by atoms with Crippen LogP contribution in [0.5, 0.6) is 0 Å². The van der Waals surface area contributed by atoms with Crippen molar-refractivity contribution in [2.75, 3.05) is 19.0 Å². The number of hydrogen-bond acceptors (Lipinski definition) is 6. The third-order valence-electron chi connectivity index (χ3n) is 2.74. The van der Waals surface area contributed by atoms with Crippen molar-refractivity contribution in [3.8, 4) is 0 Å². The maximum Gasteiger partial charge on any atom is 0.225 e. The van der Waals surface area contributed by atoms with Crippen LogP contribution in [0, 0.1) is 5.92 Å². The molecule has 0 bridgehead atoms. The Hall–Kier alpha value is -1.96. The summed E-state index contributed by atoms with van der Waals surface area (Å²) >= 11 is 1.56. The Morgan fingerprint density at radius 1 is 1.55 bits per heavy atom. The minimum Gasteiger partial charge on any atom is -0.354 e. The summed E-state index contributed by atoms with van der Waals surface area (Å²) in [6.45, 7) is 2.83. The third kappa shape index (κ3) is 3.77. The van der Waals surface area contributed by atoms with E-state index in [-0.39, 0.29) is 11.8 Å². The van der Waals surface area contributed by atoms with E-state index in [1.54, 1.807) is 22.3 Å². The second-order valence-electron chi connectivity index (χ2n) is 4.75. The molecule has 0 aliphatic rings. The zero-order chi connectivity index (χ0) is 14.5. The van der Waals surface area contributed by atoms with Gasteiger partial charge in [0.1, 0.15) is 12.7 Å². The van der Waals surface area contributed by atoms with Crippen molar-refractivity contribution in [2.45, 2.75) is 20.0 Å². The van der Waals surface area contributed by atoms with Gasteiger partial charge in [0.2, 0.25) is 5.91 Å². The van der Waals surface area contributed by atoms with E-state index in [2.05, 4.69) is 20.4 Å². The summed E-state index contributed by atoms with van der Waals surface area (Å²) in [5.41, 5.74) is 0.875. The van der Waals surface area contributed by atoms with Gasteiger partial charge in [0, 0.05) is 19.5 Å². The van der Waals surface area contributed by atoms with Crippen LogP contribution in [0.4, 0.5) is 5.13 Å². The molecular formula is C12H18N6OS. The van der Waals surface area contributed by atoms with Gasteiger partial charge in [-0.25, -0.2) is 9.97 Å². The topological polar surface area (TPSA) is 75.9 Å². The zero-order valence-electron chi connectivity index (χ0n) is 11.8. The van der Waals surface area contributed by atoms with E-state index in [4.69, 9.17) is 0 Å². The van der Waals surface area contributed by atoms with Crippen LogP contribution >= 0.6 is 11.3 Å². The zero-order valence-corrected chi connectivity index (χ0v) is 12.6. The summed E-state index contributed by atoms with van der Waals surface area (Å²) in [6, 6.07) is 0. The third-order valence-corrected chi connectivity index (χ3v) is 3.80. The molecule has 1 atom stereocenters. The number of hydrogen-bond donors (Lipinski definition) is 1. The summed E-state index contributed by atoms with van der Waals surface area (Å²) in [4.78, 5) is 22.2. The fraction of sp³-hybridized carbons (Fsp3) is 0.500. The summed E-state index contributed by atoms with van der Waals surface area (Å²) in [5.74, 6) is -0.177. The Morgan fingerprint density at radius 3 is 2.95 bits per heavy atom. The monoisotopic (exact) mass is 294 g/mol. The quantitative estimate of drug-likeness (QED) is 0.851. The number of amides is 1. The van der Waals surface area contributed by atoms with Gasteiger partial charge in [0.15, 0.2) is 5.13 Å². The van der Waals surface area contributed by atoms with E-state index in [0.29, 0.717) is 13.1 Å². The molecule has 0 fully saturated rings. The Morgan fingerprint density at radius 2 is 2.35 bits per heavy atom. The van der Waals surface area contributed by atoms with Crippen molar-refractivity contribution in [3.05, 3.63) is 23.7 Å². The average Bonchev–Trinajstić information content (AvgIpc) is 3.06. The molecule has 0 aromatic carbocycles. The first-order chi connectivity index (χ1) is 9.56. The molecule has 0 saturated carbocycles. The molecule has 1 unspecified atom stereocenters. The van der Waals surface area contributed by atoms with Gasteiger partial charge < -0.3 is 10.2 Å². The van der Waals surface area contributed by atoms with E-state index >= 15 is 0 Å². The molecule has 2 aromatic rings. The lowest BCUT2D eigenvalue weighted by molar-refractivity contribution is -0.125.